The maximum Gasteiger partial charge on any atom is 0.0596 e. The summed E-state index contributed by atoms with van der Waals surface area (Å²) in [6, 6.07) is 0. The molecule has 3 aliphatic rings. The van der Waals surface area contributed by atoms with Gasteiger partial charge in [-0.05, 0) is 97.7 Å². The van der Waals surface area contributed by atoms with E-state index in [1.54, 1.807) is 0 Å². The van der Waals surface area contributed by atoms with Crippen molar-refractivity contribution < 1.29 is 10.2 Å². The molecule has 0 saturated heterocycles. The molecule has 3 saturated carbocycles. The first-order valence-corrected chi connectivity index (χ1v) is 12.5. The lowest BCUT2D eigenvalue weighted by molar-refractivity contribution is -0.133. The third-order valence-corrected chi connectivity index (χ3v) is 9.89. The van der Waals surface area contributed by atoms with Gasteiger partial charge in [0.15, 0.2) is 0 Å². The van der Waals surface area contributed by atoms with Crippen molar-refractivity contribution in [2.45, 2.75) is 111 Å². The third kappa shape index (κ3) is 4.07. The van der Waals surface area contributed by atoms with Gasteiger partial charge < -0.3 is 10.2 Å². The highest BCUT2D eigenvalue weighted by atomic mass is 16.3. The summed E-state index contributed by atoms with van der Waals surface area (Å²) in [5.41, 5.74) is 0.548. The lowest BCUT2D eigenvalue weighted by Crippen LogP contribution is -2.54. The van der Waals surface area contributed by atoms with Crippen LogP contribution >= 0.6 is 0 Å². The Morgan fingerprint density at radius 1 is 0.893 bits per heavy atom. The van der Waals surface area contributed by atoms with Crippen LogP contribution in [0.2, 0.25) is 0 Å². The molecule has 3 aliphatic carbocycles. The predicted molar refractivity (Wildman–Crippen MR) is 118 cm³/mol. The molecule has 3 rings (SSSR count). The molecule has 0 aliphatic heterocycles. The molecule has 0 unspecified atom stereocenters. The molecular formula is C26H48O2. The van der Waals surface area contributed by atoms with Crippen LogP contribution < -0.4 is 0 Å². The number of aliphatic hydroxyl groups excluding tert-OH is 2. The Morgan fingerprint density at radius 2 is 1.64 bits per heavy atom. The summed E-state index contributed by atoms with van der Waals surface area (Å²) < 4.78 is 0. The topological polar surface area (TPSA) is 40.5 Å². The predicted octanol–water partition coefficient (Wildman–Crippen LogP) is 6.44. The maximum atomic E-state index is 10.9. The highest BCUT2D eigenvalue weighted by molar-refractivity contribution is 5.08. The molecule has 0 aromatic rings. The molecule has 2 heteroatoms. The molecule has 0 bridgehead atoms. The van der Waals surface area contributed by atoms with E-state index in [1.165, 1.54) is 51.4 Å². The Hall–Kier alpha value is -0.0800. The van der Waals surface area contributed by atoms with Gasteiger partial charge in [0.05, 0.1) is 6.10 Å². The Kier molecular flexibility index (Phi) is 7.24. The average Bonchev–Trinajstić information content (AvgIpc) is 3.00. The van der Waals surface area contributed by atoms with E-state index in [9.17, 15) is 10.2 Å². The van der Waals surface area contributed by atoms with Gasteiger partial charge in [-0.25, -0.2) is 0 Å². The zero-order chi connectivity index (χ0) is 20.5. The number of hydrogen-bond donors (Lipinski definition) is 2. The lowest BCUT2D eigenvalue weighted by Gasteiger charge is -2.58. The van der Waals surface area contributed by atoms with Gasteiger partial charge in [-0.3, -0.25) is 0 Å². The Balaban J connectivity index is 1.71. The fourth-order valence-corrected chi connectivity index (χ4v) is 8.27. The molecule has 164 valence electrons. The van der Waals surface area contributed by atoms with Crippen molar-refractivity contribution in [2.24, 2.45) is 46.3 Å². The lowest BCUT2D eigenvalue weighted by atomic mass is 9.47. The van der Waals surface area contributed by atoms with Crippen molar-refractivity contribution in [1.29, 1.82) is 0 Å². The Labute approximate surface area is 174 Å². The van der Waals surface area contributed by atoms with Crippen molar-refractivity contribution in [3.8, 4) is 0 Å². The molecule has 0 amide bonds. The number of rotatable bonds is 8. The van der Waals surface area contributed by atoms with Crippen LogP contribution in [0.1, 0.15) is 105 Å². The van der Waals surface area contributed by atoms with Gasteiger partial charge in [-0.1, -0.05) is 53.9 Å². The van der Waals surface area contributed by atoms with E-state index >= 15 is 0 Å². The molecule has 0 radical (unpaired) electrons. The van der Waals surface area contributed by atoms with E-state index in [2.05, 4.69) is 34.6 Å². The van der Waals surface area contributed by atoms with Crippen molar-refractivity contribution in [2.75, 3.05) is 6.61 Å². The minimum atomic E-state index is -0.170. The molecule has 2 nitrogen and oxygen atoms in total. The van der Waals surface area contributed by atoms with Crippen LogP contribution in [0.25, 0.3) is 0 Å². The van der Waals surface area contributed by atoms with E-state index in [-0.39, 0.29) is 18.1 Å². The summed E-state index contributed by atoms with van der Waals surface area (Å²) in [5, 5.41) is 20.3. The van der Waals surface area contributed by atoms with E-state index in [4.69, 9.17) is 0 Å². The highest BCUT2D eigenvalue weighted by Crippen LogP contribution is 2.66. The third-order valence-electron chi connectivity index (χ3n) is 9.89. The largest absolute Gasteiger partial charge is 0.396 e. The van der Waals surface area contributed by atoms with Crippen LogP contribution in [0.3, 0.4) is 0 Å². The number of aliphatic hydroxyl groups is 2. The average molecular weight is 393 g/mol. The van der Waals surface area contributed by atoms with Gasteiger partial charge in [0.2, 0.25) is 0 Å². The Bertz CT molecular complexity index is 503. The van der Waals surface area contributed by atoms with Crippen molar-refractivity contribution in [1.82, 2.24) is 0 Å². The molecule has 0 aromatic carbocycles. The second-order valence-electron chi connectivity index (χ2n) is 11.8. The molecule has 28 heavy (non-hydrogen) atoms. The van der Waals surface area contributed by atoms with Gasteiger partial charge in [0, 0.05) is 6.61 Å². The summed E-state index contributed by atoms with van der Waals surface area (Å²) in [6.45, 7) is 12.5. The first-order chi connectivity index (χ1) is 13.2. The van der Waals surface area contributed by atoms with Gasteiger partial charge in [0.1, 0.15) is 0 Å². The summed E-state index contributed by atoms with van der Waals surface area (Å²) in [7, 11) is 0. The molecule has 2 N–H and O–H groups in total. The SMILES string of the molecule is CC(C)CCC[C@H](C)[C@H]1CC[C@H]2[C@H]3CC[C@H](O)[C@@](C)(CCCO)[C@@H]3CC[C@]12C. The van der Waals surface area contributed by atoms with E-state index in [0.717, 1.165) is 48.9 Å². The number of hydrogen-bond acceptors (Lipinski definition) is 2. The first kappa shape index (κ1) is 22.6. The monoisotopic (exact) mass is 392 g/mol. The fraction of sp³-hybridized carbons (Fsp3) is 1.00. The van der Waals surface area contributed by atoms with E-state index in [1.807, 2.05) is 0 Å². The molecule has 8 atom stereocenters. The van der Waals surface area contributed by atoms with Crippen molar-refractivity contribution >= 4 is 0 Å². The van der Waals surface area contributed by atoms with Crippen molar-refractivity contribution in [3.05, 3.63) is 0 Å². The van der Waals surface area contributed by atoms with Crippen LogP contribution in [0.15, 0.2) is 0 Å². The molecule has 0 spiro atoms. The van der Waals surface area contributed by atoms with Crippen LogP contribution in [0, 0.1) is 46.3 Å². The molecular weight excluding hydrogens is 344 g/mol. The second kappa shape index (κ2) is 8.96. The zero-order valence-electron chi connectivity index (χ0n) is 19.4. The van der Waals surface area contributed by atoms with Crippen LogP contribution in [-0.2, 0) is 0 Å². The maximum absolute atomic E-state index is 10.9. The summed E-state index contributed by atoms with van der Waals surface area (Å²) >= 11 is 0. The minimum absolute atomic E-state index is 0.0218. The normalized spacial score (nSPS) is 44.4. The molecule has 0 heterocycles. The quantitative estimate of drug-likeness (QED) is 0.499. The van der Waals surface area contributed by atoms with Gasteiger partial charge in [-0.15, -0.1) is 0 Å². The Morgan fingerprint density at radius 3 is 2.32 bits per heavy atom. The van der Waals surface area contributed by atoms with Gasteiger partial charge in [-0.2, -0.15) is 0 Å². The summed E-state index contributed by atoms with van der Waals surface area (Å²) in [4.78, 5) is 0. The smallest absolute Gasteiger partial charge is 0.0596 e. The van der Waals surface area contributed by atoms with Crippen molar-refractivity contribution in [3.63, 3.8) is 0 Å². The standard InChI is InChI=1S/C26H48O2/c1-18(2)8-6-9-19(3)21-11-12-22-20-10-13-24(28)26(5,15-7-17-27)23(20)14-16-25(21,22)4/h18-24,27-28H,6-17H2,1-5H3/t19-,20+,21+,22-,23+,24-,25+,26-/m0/s1. The van der Waals surface area contributed by atoms with Crippen LogP contribution in [0.5, 0.6) is 0 Å². The van der Waals surface area contributed by atoms with Crippen LogP contribution in [0.4, 0.5) is 0 Å². The van der Waals surface area contributed by atoms with Gasteiger partial charge >= 0.3 is 0 Å². The summed E-state index contributed by atoms with van der Waals surface area (Å²) in [5.74, 6) is 4.93. The molecule has 3 fully saturated rings. The highest BCUT2D eigenvalue weighted by Gasteiger charge is 2.59. The van der Waals surface area contributed by atoms with Crippen LogP contribution in [-0.4, -0.2) is 22.9 Å². The first-order valence-electron chi connectivity index (χ1n) is 12.5. The molecule has 0 aromatic heterocycles. The van der Waals surface area contributed by atoms with E-state index < -0.39 is 0 Å². The zero-order valence-corrected chi connectivity index (χ0v) is 19.4. The minimum Gasteiger partial charge on any atom is -0.396 e. The summed E-state index contributed by atoms with van der Waals surface area (Å²) in [6.07, 6.45) is 13.6. The van der Waals surface area contributed by atoms with Gasteiger partial charge in [0.25, 0.3) is 0 Å². The second-order valence-corrected chi connectivity index (χ2v) is 11.8. The van der Waals surface area contributed by atoms with E-state index in [0.29, 0.717) is 11.3 Å². The number of fused-ring (bicyclic) bond motifs is 3. The fourth-order valence-electron chi connectivity index (χ4n) is 8.27.